The molecule has 1 amide bonds. The van der Waals surface area contributed by atoms with Crippen molar-refractivity contribution in [1.29, 1.82) is 0 Å². The Bertz CT molecular complexity index is 549. The molecule has 0 bridgehead atoms. The SMILES string of the molecule is O=C(NC1CCCCC1N1CCOCC1)c1cc(C2CC2)on1. The molecular formula is C17H25N3O3. The van der Waals surface area contributed by atoms with E-state index in [1.807, 2.05) is 6.07 Å². The first-order valence-electron chi connectivity index (χ1n) is 8.90. The normalized spacial score (nSPS) is 29.4. The number of nitrogens with one attached hydrogen (secondary N) is 1. The lowest BCUT2D eigenvalue weighted by atomic mass is 9.88. The van der Waals surface area contributed by atoms with E-state index in [0.29, 0.717) is 17.7 Å². The van der Waals surface area contributed by atoms with Crippen molar-refractivity contribution in [2.75, 3.05) is 26.3 Å². The predicted molar refractivity (Wildman–Crippen MR) is 84.4 cm³/mol. The summed E-state index contributed by atoms with van der Waals surface area (Å²) in [6, 6.07) is 2.45. The van der Waals surface area contributed by atoms with Crippen molar-refractivity contribution in [2.45, 2.75) is 56.5 Å². The van der Waals surface area contributed by atoms with Crippen LogP contribution in [0.3, 0.4) is 0 Å². The van der Waals surface area contributed by atoms with Crippen molar-refractivity contribution < 1.29 is 14.1 Å². The summed E-state index contributed by atoms with van der Waals surface area (Å²) in [4.78, 5) is 15.0. The Morgan fingerprint density at radius 2 is 1.96 bits per heavy atom. The van der Waals surface area contributed by atoms with Crippen LogP contribution in [0, 0.1) is 0 Å². The maximum Gasteiger partial charge on any atom is 0.273 e. The Kier molecular flexibility index (Phi) is 4.35. The average molecular weight is 319 g/mol. The zero-order valence-corrected chi connectivity index (χ0v) is 13.5. The summed E-state index contributed by atoms with van der Waals surface area (Å²) >= 11 is 0. The molecule has 2 atom stereocenters. The highest BCUT2D eigenvalue weighted by atomic mass is 16.5. The molecule has 1 saturated heterocycles. The smallest absolute Gasteiger partial charge is 0.273 e. The number of ether oxygens (including phenoxy) is 1. The molecule has 3 aliphatic rings. The van der Waals surface area contributed by atoms with E-state index >= 15 is 0 Å². The summed E-state index contributed by atoms with van der Waals surface area (Å²) in [6.07, 6.45) is 6.91. The van der Waals surface area contributed by atoms with E-state index in [9.17, 15) is 4.79 Å². The number of morpholine rings is 1. The van der Waals surface area contributed by atoms with Gasteiger partial charge in [0, 0.05) is 37.2 Å². The fourth-order valence-electron chi connectivity index (χ4n) is 3.82. The molecule has 1 aromatic heterocycles. The van der Waals surface area contributed by atoms with Gasteiger partial charge in [-0.05, 0) is 25.7 Å². The molecule has 2 saturated carbocycles. The molecule has 0 radical (unpaired) electrons. The van der Waals surface area contributed by atoms with E-state index in [2.05, 4.69) is 15.4 Å². The standard InChI is InChI=1S/C17H25N3O3/c21-17(14-11-16(23-19-14)12-5-6-12)18-13-3-1-2-4-15(13)20-7-9-22-10-8-20/h11-13,15H,1-10H2,(H,18,21). The van der Waals surface area contributed by atoms with Gasteiger partial charge in [0.2, 0.25) is 0 Å². The van der Waals surface area contributed by atoms with Gasteiger partial charge in [-0.15, -0.1) is 0 Å². The first-order chi connectivity index (χ1) is 11.3. The summed E-state index contributed by atoms with van der Waals surface area (Å²) in [5.74, 6) is 1.26. The van der Waals surface area contributed by atoms with Crippen molar-refractivity contribution in [3.05, 3.63) is 17.5 Å². The number of carbonyl (C=O) groups excluding carboxylic acids is 1. The molecule has 6 nitrogen and oxygen atoms in total. The molecule has 0 aromatic carbocycles. The minimum absolute atomic E-state index is 0.0918. The van der Waals surface area contributed by atoms with Crippen LogP contribution >= 0.6 is 0 Å². The topological polar surface area (TPSA) is 67.6 Å². The summed E-state index contributed by atoms with van der Waals surface area (Å²) in [7, 11) is 0. The Balaban J connectivity index is 1.40. The van der Waals surface area contributed by atoms with E-state index in [1.54, 1.807) is 0 Å². The molecule has 2 aliphatic carbocycles. The molecule has 4 rings (SSSR count). The van der Waals surface area contributed by atoms with Gasteiger partial charge in [0.25, 0.3) is 5.91 Å². The molecule has 0 spiro atoms. The Hall–Kier alpha value is -1.40. The quantitative estimate of drug-likeness (QED) is 0.918. The van der Waals surface area contributed by atoms with Crippen molar-refractivity contribution in [3.63, 3.8) is 0 Å². The van der Waals surface area contributed by atoms with E-state index < -0.39 is 0 Å². The molecule has 126 valence electrons. The van der Waals surface area contributed by atoms with Crippen molar-refractivity contribution in [1.82, 2.24) is 15.4 Å². The van der Waals surface area contributed by atoms with E-state index in [1.165, 1.54) is 12.8 Å². The summed E-state index contributed by atoms with van der Waals surface area (Å²) in [5, 5.41) is 7.17. The second-order valence-electron chi connectivity index (χ2n) is 6.97. The minimum Gasteiger partial charge on any atom is -0.379 e. The van der Waals surface area contributed by atoms with Gasteiger partial charge in [-0.2, -0.15) is 0 Å². The second-order valence-corrected chi connectivity index (χ2v) is 6.97. The number of aromatic nitrogens is 1. The second kappa shape index (κ2) is 6.61. The Labute approximate surface area is 136 Å². The molecule has 1 N–H and O–H groups in total. The van der Waals surface area contributed by atoms with Gasteiger partial charge >= 0.3 is 0 Å². The molecule has 2 heterocycles. The van der Waals surface area contributed by atoms with Crippen LogP contribution in [0.2, 0.25) is 0 Å². The third-order valence-corrected chi connectivity index (χ3v) is 5.30. The van der Waals surface area contributed by atoms with Gasteiger partial charge in [-0.25, -0.2) is 0 Å². The number of amides is 1. The lowest BCUT2D eigenvalue weighted by Crippen LogP contribution is -2.56. The number of hydrogen-bond acceptors (Lipinski definition) is 5. The zero-order valence-electron chi connectivity index (χ0n) is 13.5. The van der Waals surface area contributed by atoms with Gasteiger partial charge in [0.15, 0.2) is 5.69 Å². The first kappa shape index (κ1) is 15.1. The predicted octanol–water partition coefficient (Wildman–Crippen LogP) is 1.93. The van der Waals surface area contributed by atoms with E-state index in [-0.39, 0.29) is 11.9 Å². The van der Waals surface area contributed by atoms with Crippen LogP contribution < -0.4 is 5.32 Å². The van der Waals surface area contributed by atoms with Crippen LogP contribution in [-0.2, 0) is 4.74 Å². The zero-order chi connectivity index (χ0) is 15.6. The highest BCUT2D eigenvalue weighted by Gasteiger charge is 2.33. The van der Waals surface area contributed by atoms with E-state index in [4.69, 9.17) is 9.26 Å². The highest BCUT2D eigenvalue weighted by Crippen LogP contribution is 2.40. The monoisotopic (exact) mass is 319 g/mol. The molecular weight excluding hydrogens is 294 g/mol. The van der Waals surface area contributed by atoms with Crippen LogP contribution in [0.5, 0.6) is 0 Å². The summed E-state index contributed by atoms with van der Waals surface area (Å²) in [6.45, 7) is 3.52. The van der Waals surface area contributed by atoms with Crippen molar-refractivity contribution >= 4 is 5.91 Å². The number of hydrogen-bond donors (Lipinski definition) is 1. The molecule has 1 aromatic rings. The van der Waals surface area contributed by atoms with Crippen LogP contribution in [0.25, 0.3) is 0 Å². The first-order valence-corrected chi connectivity index (χ1v) is 8.90. The van der Waals surface area contributed by atoms with Crippen LogP contribution in [0.1, 0.15) is 60.7 Å². The molecule has 2 unspecified atom stereocenters. The van der Waals surface area contributed by atoms with Crippen LogP contribution in [0.4, 0.5) is 0 Å². The van der Waals surface area contributed by atoms with Gasteiger partial charge in [0.05, 0.1) is 13.2 Å². The average Bonchev–Trinajstić information content (AvgIpc) is 3.33. The maximum absolute atomic E-state index is 12.5. The molecule has 6 heteroatoms. The Morgan fingerprint density at radius 3 is 2.74 bits per heavy atom. The fourth-order valence-corrected chi connectivity index (χ4v) is 3.82. The lowest BCUT2D eigenvalue weighted by Gasteiger charge is -2.41. The Morgan fingerprint density at radius 1 is 1.17 bits per heavy atom. The largest absolute Gasteiger partial charge is 0.379 e. The molecule has 1 aliphatic heterocycles. The van der Waals surface area contributed by atoms with Gasteiger partial charge in [-0.1, -0.05) is 18.0 Å². The lowest BCUT2D eigenvalue weighted by molar-refractivity contribution is 0.0000884. The van der Waals surface area contributed by atoms with E-state index in [0.717, 1.165) is 57.7 Å². The van der Waals surface area contributed by atoms with Gasteiger partial charge < -0.3 is 14.6 Å². The fraction of sp³-hybridized carbons (Fsp3) is 0.765. The maximum atomic E-state index is 12.5. The minimum atomic E-state index is -0.0918. The van der Waals surface area contributed by atoms with Crippen LogP contribution in [-0.4, -0.2) is 54.4 Å². The number of rotatable bonds is 4. The number of carbonyl (C=O) groups is 1. The van der Waals surface area contributed by atoms with Crippen molar-refractivity contribution in [3.8, 4) is 0 Å². The summed E-state index contributed by atoms with van der Waals surface area (Å²) in [5.41, 5.74) is 0.429. The third-order valence-electron chi connectivity index (χ3n) is 5.30. The van der Waals surface area contributed by atoms with Gasteiger partial charge in [-0.3, -0.25) is 9.69 Å². The van der Waals surface area contributed by atoms with Gasteiger partial charge in [0.1, 0.15) is 5.76 Å². The third kappa shape index (κ3) is 3.43. The van der Waals surface area contributed by atoms with Crippen molar-refractivity contribution in [2.24, 2.45) is 0 Å². The van der Waals surface area contributed by atoms with Crippen LogP contribution in [0.15, 0.2) is 10.6 Å². The highest BCUT2D eigenvalue weighted by molar-refractivity contribution is 5.92. The summed E-state index contributed by atoms with van der Waals surface area (Å²) < 4.78 is 10.8. The molecule has 23 heavy (non-hydrogen) atoms. The number of nitrogens with zero attached hydrogens (tertiary/aromatic N) is 2. The molecule has 3 fully saturated rings.